The lowest BCUT2D eigenvalue weighted by Gasteiger charge is -2.23. The average molecular weight is 158 g/mol. The molecular formula is C8H14O3. The van der Waals surface area contributed by atoms with Crippen LogP contribution in [0.5, 0.6) is 0 Å². The van der Waals surface area contributed by atoms with Crippen LogP contribution in [0.25, 0.3) is 0 Å². The van der Waals surface area contributed by atoms with Crippen LogP contribution in [0, 0.1) is 0 Å². The smallest absolute Gasteiger partial charge is 0.154 e. The number of hydrogen-bond donors (Lipinski definition) is 0. The van der Waals surface area contributed by atoms with Crippen molar-refractivity contribution in [2.24, 2.45) is 0 Å². The van der Waals surface area contributed by atoms with Crippen molar-refractivity contribution < 1.29 is 14.3 Å². The zero-order chi connectivity index (χ0) is 8.32. The van der Waals surface area contributed by atoms with E-state index in [-0.39, 0.29) is 6.10 Å². The van der Waals surface area contributed by atoms with Crippen molar-refractivity contribution in [1.29, 1.82) is 0 Å². The topological polar surface area (TPSA) is 35.5 Å². The molecule has 0 amide bonds. The first-order valence-corrected chi connectivity index (χ1v) is 3.90. The predicted octanol–water partition coefficient (Wildman–Crippen LogP) is 0.769. The quantitative estimate of drug-likeness (QED) is 0.569. The number of hydrogen-bond acceptors (Lipinski definition) is 3. The third kappa shape index (κ3) is 2.01. The molecule has 0 bridgehead atoms. The van der Waals surface area contributed by atoms with Gasteiger partial charge in [-0.3, -0.25) is 0 Å². The van der Waals surface area contributed by atoms with E-state index in [1.54, 1.807) is 0 Å². The van der Waals surface area contributed by atoms with Gasteiger partial charge in [-0.15, -0.1) is 0 Å². The third-order valence-electron chi connectivity index (χ3n) is 1.70. The zero-order valence-corrected chi connectivity index (χ0v) is 7.00. The van der Waals surface area contributed by atoms with Crippen LogP contribution in [-0.2, 0) is 14.3 Å². The minimum absolute atomic E-state index is 0.0851. The van der Waals surface area contributed by atoms with Crippen molar-refractivity contribution in [2.75, 3.05) is 13.2 Å². The monoisotopic (exact) mass is 158 g/mol. The second-order valence-electron chi connectivity index (χ2n) is 3.15. The van der Waals surface area contributed by atoms with E-state index in [0.717, 1.165) is 6.29 Å². The maximum Gasteiger partial charge on any atom is 0.154 e. The Balaban J connectivity index is 2.52. The molecule has 1 aliphatic rings. The van der Waals surface area contributed by atoms with Crippen LogP contribution in [0.4, 0.5) is 0 Å². The zero-order valence-electron chi connectivity index (χ0n) is 7.00. The fourth-order valence-electron chi connectivity index (χ4n) is 1.25. The molecule has 0 saturated carbocycles. The number of carbonyl (C=O) groups excluding carboxylic acids is 1. The Hall–Kier alpha value is -0.410. The Morgan fingerprint density at radius 3 is 2.73 bits per heavy atom. The van der Waals surface area contributed by atoms with Gasteiger partial charge in [-0.2, -0.15) is 0 Å². The maximum atomic E-state index is 10.7. The Kier molecular flexibility index (Phi) is 2.62. The molecule has 0 spiro atoms. The summed E-state index contributed by atoms with van der Waals surface area (Å²) >= 11 is 0. The highest BCUT2D eigenvalue weighted by atomic mass is 16.6. The molecule has 1 atom stereocenters. The molecule has 3 heteroatoms. The highest BCUT2D eigenvalue weighted by Crippen LogP contribution is 2.22. The Morgan fingerprint density at radius 1 is 1.64 bits per heavy atom. The molecule has 0 N–H and O–H groups in total. The highest BCUT2D eigenvalue weighted by Gasteiger charge is 2.36. The van der Waals surface area contributed by atoms with Gasteiger partial charge in [0.2, 0.25) is 0 Å². The van der Waals surface area contributed by atoms with Gasteiger partial charge in [0.1, 0.15) is 5.60 Å². The molecule has 1 rings (SSSR count). The number of rotatable bonds is 3. The van der Waals surface area contributed by atoms with Crippen LogP contribution in [0.3, 0.4) is 0 Å². The molecule has 0 aromatic carbocycles. The van der Waals surface area contributed by atoms with Crippen molar-refractivity contribution in [3.05, 3.63) is 0 Å². The van der Waals surface area contributed by atoms with E-state index < -0.39 is 5.60 Å². The van der Waals surface area contributed by atoms with Crippen molar-refractivity contribution in [2.45, 2.75) is 32.0 Å². The third-order valence-corrected chi connectivity index (χ3v) is 1.70. The standard InChI is InChI=1S/C8H14O3/c1-7(2)11-8(5-9)3-4-10-6-8/h5,7H,3-4,6H2,1-2H3. The lowest BCUT2D eigenvalue weighted by Crippen LogP contribution is -2.37. The van der Waals surface area contributed by atoms with Gasteiger partial charge in [0.05, 0.1) is 19.3 Å². The van der Waals surface area contributed by atoms with Crippen LogP contribution in [0.1, 0.15) is 20.3 Å². The Morgan fingerprint density at radius 2 is 2.36 bits per heavy atom. The maximum absolute atomic E-state index is 10.7. The molecule has 1 unspecified atom stereocenters. The Bertz CT molecular complexity index is 136. The second kappa shape index (κ2) is 3.32. The van der Waals surface area contributed by atoms with Gasteiger partial charge in [0.15, 0.2) is 6.29 Å². The molecule has 0 aromatic rings. The first-order valence-electron chi connectivity index (χ1n) is 3.90. The molecule has 3 nitrogen and oxygen atoms in total. The van der Waals surface area contributed by atoms with Gasteiger partial charge in [0, 0.05) is 6.42 Å². The summed E-state index contributed by atoms with van der Waals surface area (Å²) < 4.78 is 10.6. The summed E-state index contributed by atoms with van der Waals surface area (Å²) in [5.74, 6) is 0. The predicted molar refractivity (Wildman–Crippen MR) is 40.5 cm³/mol. The van der Waals surface area contributed by atoms with Crippen LogP contribution in [0.2, 0.25) is 0 Å². The van der Waals surface area contributed by atoms with E-state index in [4.69, 9.17) is 9.47 Å². The van der Waals surface area contributed by atoms with E-state index in [0.29, 0.717) is 19.6 Å². The minimum atomic E-state index is -0.645. The summed E-state index contributed by atoms with van der Waals surface area (Å²) in [5, 5.41) is 0. The fraction of sp³-hybridized carbons (Fsp3) is 0.875. The summed E-state index contributed by atoms with van der Waals surface area (Å²) in [5.41, 5.74) is -0.645. The van der Waals surface area contributed by atoms with Crippen LogP contribution in [0.15, 0.2) is 0 Å². The van der Waals surface area contributed by atoms with Gasteiger partial charge in [-0.05, 0) is 13.8 Å². The molecule has 64 valence electrons. The molecule has 1 fully saturated rings. The van der Waals surface area contributed by atoms with Gasteiger partial charge < -0.3 is 14.3 Å². The first kappa shape index (κ1) is 8.68. The lowest BCUT2D eigenvalue weighted by molar-refractivity contribution is -0.137. The van der Waals surface area contributed by atoms with E-state index in [1.165, 1.54) is 0 Å². The summed E-state index contributed by atoms with van der Waals surface area (Å²) in [4.78, 5) is 10.7. The van der Waals surface area contributed by atoms with Gasteiger partial charge in [-0.1, -0.05) is 0 Å². The Labute approximate surface area is 66.7 Å². The van der Waals surface area contributed by atoms with E-state index in [2.05, 4.69) is 0 Å². The molecule has 1 saturated heterocycles. The van der Waals surface area contributed by atoms with E-state index in [9.17, 15) is 4.79 Å². The minimum Gasteiger partial charge on any atom is -0.378 e. The number of ether oxygens (including phenoxy) is 2. The highest BCUT2D eigenvalue weighted by molar-refractivity contribution is 5.63. The molecule has 1 aliphatic heterocycles. The molecule has 1 heterocycles. The SMILES string of the molecule is CC(C)OC1(C=O)CCOC1. The normalized spacial score (nSPS) is 31.2. The second-order valence-corrected chi connectivity index (χ2v) is 3.15. The van der Waals surface area contributed by atoms with E-state index in [1.807, 2.05) is 13.8 Å². The largest absolute Gasteiger partial charge is 0.378 e. The molecule has 0 aromatic heterocycles. The van der Waals surface area contributed by atoms with Crippen LogP contribution < -0.4 is 0 Å². The summed E-state index contributed by atoms with van der Waals surface area (Å²) in [6, 6.07) is 0. The van der Waals surface area contributed by atoms with Gasteiger partial charge in [0.25, 0.3) is 0 Å². The van der Waals surface area contributed by atoms with Crippen LogP contribution in [-0.4, -0.2) is 31.2 Å². The number of aldehydes is 1. The van der Waals surface area contributed by atoms with Crippen molar-refractivity contribution >= 4 is 6.29 Å². The average Bonchev–Trinajstić information content (AvgIpc) is 2.36. The molecule has 11 heavy (non-hydrogen) atoms. The summed E-state index contributed by atoms with van der Waals surface area (Å²) in [6.07, 6.45) is 1.64. The van der Waals surface area contributed by atoms with Gasteiger partial charge in [-0.25, -0.2) is 0 Å². The first-order chi connectivity index (χ1) is 5.18. The molecular weight excluding hydrogens is 144 g/mol. The van der Waals surface area contributed by atoms with Crippen molar-refractivity contribution in [3.8, 4) is 0 Å². The summed E-state index contributed by atoms with van der Waals surface area (Å²) in [7, 11) is 0. The van der Waals surface area contributed by atoms with Crippen molar-refractivity contribution in [3.63, 3.8) is 0 Å². The summed E-state index contributed by atoms with van der Waals surface area (Å²) in [6.45, 7) is 4.88. The lowest BCUT2D eigenvalue weighted by atomic mass is 10.1. The van der Waals surface area contributed by atoms with E-state index >= 15 is 0 Å². The van der Waals surface area contributed by atoms with Crippen molar-refractivity contribution in [1.82, 2.24) is 0 Å². The molecule has 0 radical (unpaired) electrons. The van der Waals surface area contributed by atoms with Gasteiger partial charge >= 0.3 is 0 Å². The van der Waals surface area contributed by atoms with Crippen LogP contribution >= 0.6 is 0 Å². The fourth-order valence-corrected chi connectivity index (χ4v) is 1.25. The number of carbonyl (C=O) groups is 1. The molecule has 0 aliphatic carbocycles.